The molecule has 0 unspecified atom stereocenters. The molecule has 5 heteroatoms. The normalized spacial score (nSPS) is 17.1. The van der Waals surface area contributed by atoms with Crippen molar-refractivity contribution in [2.24, 2.45) is 0 Å². The smallest absolute Gasteiger partial charge is 0.341 e. The molecule has 0 bridgehead atoms. The molecule has 0 spiro atoms. The molecule has 1 aromatic rings. The number of pyridine rings is 1. The van der Waals surface area contributed by atoms with E-state index in [2.05, 4.69) is 10.3 Å². The molecule has 0 aliphatic heterocycles. The van der Waals surface area contributed by atoms with Gasteiger partial charge in [0, 0.05) is 6.20 Å². The summed E-state index contributed by atoms with van der Waals surface area (Å²) < 4.78 is 4.70. The van der Waals surface area contributed by atoms with Crippen molar-refractivity contribution in [3.63, 3.8) is 0 Å². The summed E-state index contributed by atoms with van der Waals surface area (Å²) in [4.78, 5) is 15.7. The second kappa shape index (κ2) is 4.71. The van der Waals surface area contributed by atoms with E-state index >= 15 is 0 Å². The highest BCUT2D eigenvalue weighted by atomic mass is 16.5. The molecule has 2 rings (SSSR count). The number of ether oxygens (including phenoxy) is 1. The Balaban J connectivity index is 2.23. The van der Waals surface area contributed by atoms with E-state index in [-0.39, 0.29) is 12.1 Å². The molecule has 0 atom stereocenters. The molecule has 1 aromatic heterocycles. The zero-order valence-electron chi connectivity index (χ0n) is 9.77. The number of esters is 1. The predicted octanol–water partition coefficient (Wildman–Crippen LogP) is 1.20. The number of hydrogen-bond acceptors (Lipinski definition) is 5. The molecule has 0 amide bonds. The van der Waals surface area contributed by atoms with Crippen LogP contribution in [0.2, 0.25) is 0 Å². The molecular formula is C12H16N2O3. The number of aromatic nitrogens is 1. The fourth-order valence-corrected chi connectivity index (χ4v) is 1.96. The van der Waals surface area contributed by atoms with E-state index in [1.165, 1.54) is 7.11 Å². The molecule has 0 aromatic carbocycles. The largest absolute Gasteiger partial charge is 0.465 e. The van der Waals surface area contributed by atoms with Crippen molar-refractivity contribution < 1.29 is 14.6 Å². The Bertz CT molecular complexity index is 410. The molecule has 1 fully saturated rings. The minimum atomic E-state index is -0.423. The van der Waals surface area contributed by atoms with Gasteiger partial charge in [-0.3, -0.25) is 0 Å². The van der Waals surface area contributed by atoms with Crippen LogP contribution in [0.5, 0.6) is 0 Å². The Labute approximate surface area is 99.8 Å². The van der Waals surface area contributed by atoms with Crippen LogP contribution in [0.4, 0.5) is 5.82 Å². The molecule has 17 heavy (non-hydrogen) atoms. The van der Waals surface area contributed by atoms with Gasteiger partial charge < -0.3 is 15.2 Å². The van der Waals surface area contributed by atoms with Crippen LogP contribution in [0.25, 0.3) is 0 Å². The lowest BCUT2D eigenvalue weighted by Gasteiger charge is -2.41. The summed E-state index contributed by atoms with van der Waals surface area (Å²) in [7, 11) is 1.34. The van der Waals surface area contributed by atoms with Gasteiger partial charge in [-0.05, 0) is 31.4 Å². The van der Waals surface area contributed by atoms with Crippen LogP contribution < -0.4 is 5.32 Å². The maximum Gasteiger partial charge on any atom is 0.341 e. The maximum atomic E-state index is 11.6. The average molecular weight is 236 g/mol. The second-order valence-electron chi connectivity index (χ2n) is 4.31. The van der Waals surface area contributed by atoms with Crippen LogP contribution in [-0.2, 0) is 4.74 Å². The quantitative estimate of drug-likeness (QED) is 0.768. The van der Waals surface area contributed by atoms with Gasteiger partial charge in [0.2, 0.25) is 0 Å². The first-order valence-electron chi connectivity index (χ1n) is 5.63. The summed E-state index contributed by atoms with van der Waals surface area (Å²) in [5, 5.41) is 12.5. The third kappa shape index (κ3) is 2.24. The number of anilines is 1. The Morgan fingerprint density at radius 2 is 2.41 bits per heavy atom. The average Bonchev–Trinajstić information content (AvgIpc) is 2.33. The van der Waals surface area contributed by atoms with Crippen molar-refractivity contribution in [3.8, 4) is 0 Å². The molecular weight excluding hydrogens is 220 g/mol. The van der Waals surface area contributed by atoms with E-state index in [9.17, 15) is 9.90 Å². The molecule has 2 N–H and O–H groups in total. The monoisotopic (exact) mass is 236 g/mol. The van der Waals surface area contributed by atoms with Crippen LogP contribution >= 0.6 is 0 Å². The minimum absolute atomic E-state index is 0.0458. The maximum absolute atomic E-state index is 11.6. The van der Waals surface area contributed by atoms with Gasteiger partial charge in [-0.1, -0.05) is 0 Å². The van der Waals surface area contributed by atoms with Gasteiger partial charge >= 0.3 is 5.97 Å². The number of rotatable bonds is 4. The molecule has 1 aliphatic carbocycles. The van der Waals surface area contributed by atoms with Gasteiger partial charge in [-0.15, -0.1) is 0 Å². The van der Waals surface area contributed by atoms with Gasteiger partial charge in [0.25, 0.3) is 0 Å². The molecule has 0 radical (unpaired) electrons. The lowest BCUT2D eigenvalue weighted by molar-refractivity contribution is 0.0600. The summed E-state index contributed by atoms with van der Waals surface area (Å²) >= 11 is 0. The van der Waals surface area contributed by atoms with E-state index in [1.54, 1.807) is 18.3 Å². The molecule has 1 heterocycles. The lowest BCUT2D eigenvalue weighted by atomic mass is 9.77. The highest BCUT2D eigenvalue weighted by molar-refractivity contribution is 5.94. The van der Waals surface area contributed by atoms with E-state index < -0.39 is 5.97 Å². The molecule has 0 saturated heterocycles. The van der Waals surface area contributed by atoms with Gasteiger partial charge in [0.05, 0.1) is 19.3 Å². The van der Waals surface area contributed by atoms with E-state index in [0.717, 1.165) is 19.3 Å². The van der Waals surface area contributed by atoms with Crippen molar-refractivity contribution in [3.05, 3.63) is 23.9 Å². The van der Waals surface area contributed by atoms with Gasteiger partial charge in [-0.2, -0.15) is 0 Å². The highest BCUT2D eigenvalue weighted by Crippen LogP contribution is 2.35. The van der Waals surface area contributed by atoms with Crippen molar-refractivity contribution in [1.82, 2.24) is 4.98 Å². The Kier molecular flexibility index (Phi) is 3.28. The number of aliphatic hydroxyl groups excluding tert-OH is 1. The fourth-order valence-electron chi connectivity index (χ4n) is 1.96. The van der Waals surface area contributed by atoms with Gasteiger partial charge in [0.15, 0.2) is 0 Å². The number of nitrogens with zero attached hydrogens (tertiary/aromatic N) is 1. The summed E-state index contributed by atoms with van der Waals surface area (Å²) in [6.07, 6.45) is 4.47. The summed E-state index contributed by atoms with van der Waals surface area (Å²) in [6.45, 7) is 0.0458. The Morgan fingerprint density at radius 3 is 2.94 bits per heavy atom. The molecule has 5 nitrogen and oxygen atoms in total. The number of carbonyl (C=O) groups excluding carboxylic acids is 1. The fraction of sp³-hybridized carbons (Fsp3) is 0.500. The van der Waals surface area contributed by atoms with Crippen molar-refractivity contribution in [1.29, 1.82) is 0 Å². The first-order chi connectivity index (χ1) is 8.21. The standard InChI is InChI=1S/C12H16N2O3/c1-17-11(16)9-4-2-7-13-10(9)14-12(8-15)5-3-6-12/h2,4,7,15H,3,5-6,8H2,1H3,(H,13,14). The third-order valence-electron chi connectivity index (χ3n) is 3.21. The molecule has 92 valence electrons. The van der Waals surface area contributed by atoms with Crippen LogP contribution in [0, 0.1) is 0 Å². The lowest BCUT2D eigenvalue weighted by Crippen LogP contribution is -2.48. The van der Waals surface area contributed by atoms with E-state index in [0.29, 0.717) is 11.4 Å². The topological polar surface area (TPSA) is 71.5 Å². The number of methoxy groups -OCH3 is 1. The predicted molar refractivity (Wildman–Crippen MR) is 62.9 cm³/mol. The van der Waals surface area contributed by atoms with Crippen LogP contribution in [0.1, 0.15) is 29.6 Å². The second-order valence-corrected chi connectivity index (χ2v) is 4.31. The first kappa shape index (κ1) is 11.9. The van der Waals surface area contributed by atoms with Crippen LogP contribution in [-0.4, -0.2) is 35.3 Å². The van der Waals surface area contributed by atoms with Crippen molar-refractivity contribution >= 4 is 11.8 Å². The first-order valence-corrected chi connectivity index (χ1v) is 5.63. The third-order valence-corrected chi connectivity index (χ3v) is 3.21. The van der Waals surface area contributed by atoms with Gasteiger partial charge in [-0.25, -0.2) is 9.78 Å². The number of hydrogen-bond donors (Lipinski definition) is 2. The highest BCUT2D eigenvalue weighted by Gasteiger charge is 2.37. The summed E-state index contributed by atoms with van der Waals surface area (Å²) in [5.74, 6) is 0.0566. The zero-order valence-corrected chi connectivity index (χ0v) is 9.77. The SMILES string of the molecule is COC(=O)c1cccnc1NC1(CO)CCC1. The molecule has 1 saturated carbocycles. The summed E-state index contributed by atoms with van der Waals surface area (Å²) in [6, 6.07) is 3.34. The number of carbonyl (C=O) groups is 1. The van der Waals surface area contributed by atoms with Crippen LogP contribution in [0.15, 0.2) is 18.3 Å². The van der Waals surface area contributed by atoms with Crippen LogP contribution in [0.3, 0.4) is 0 Å². The minimum Gasteiger partial charge on any atom is -0.465 e. The van der Waals surface area contributed by atoms with Gasteiger partial charge in [0.1, 0.15) is 11.4 Å². The zero-order chi connectivity index (χ0) is 12.3. The van der Waals surface area contributed by atoms with Crippen molar-refractivity contribution in [2.75, 3.05) is 19.0 Å². The Hall–Kier alpha value is -1.62. The van der Waals surface area contributed by atoms with Crippen molar-refractivity contribution in [2.45, 2.75) is 24.8 Å². The number of aliphatic hydroxyl groups is 1. The summed E-state index contributed by atoms with van der Waals surface area (Å²) in [5.41, 5.74) is 0.0756. The Morgan fingerprint density at radius 1 is 1.65 bits per heavy atom. The molecule has 1 aliphatic rings. The van der Waals surface area contributed by atoms with E-state index in [4.69, 9.17) is 4.74 Å². The van der Waals surface area contributed by atoms with E-state index in [1.807, 2.05) is 0 Å². The number of nitrogens with one attached hydrogen (secondary N) is 1.